The highest BCUT2D eigenvalue weighted by atomic mass is 16.3. The number of nitrogens with two attached hydrogens (primary N) is 1. The summed E-state index contributed by atoms with van der Waals surface area (Å²) in [5.74, 6) is 0.275. The van der Waals surface area contributed by atoms with Crippen LogP contribution in [0, 0.1) is 0 Å². The van der Waals surface area contributed by atoms with Gasteiger partial charge < -0.3 is 15.7 Å². The molecule has 1 aliphatic rings. The van der Waals surface area contributed by atoms with Crippen LogP contribution in [0.3, 0.4) is 0 Å². The highest BCUT2D eigenvalue weighted by Gasteiger charge is 2.20. The molecule has 0 spiro atoms. The van der Waals surface area contributed by atoms with E-state index in [2.05, 4.69) is 23.1 Å². The normalized spacial score (nSPS) is 15.4. The van der Waals surface area contributed by atoms with Crippen molar-refractivity contribution in [1.82, 2.24) is 0 Å². The van der Waals surface area contributed by atoms with E-state index in [0.29, 0.717) is 0 Å². The van der Waals surface area contributed by atoms with Crippen LogP contribution in [0.4, 0.5) is 11.4 Å². The van der Waals surface area contributed by atoms with E-state index < -0.39 is 0 Å². The van der Waals surface area contributed by atoms with Gasteiger partial charge in [0, 0.05) is 35.6 Å². The third kappa shape index (κ3) is 2.06. The zero-order valence-corrected chi connectivity index (χ0v) is 11.0. The predicted molar refractivity (Wildman–Crippen MR) is 77.9 cm³/mol. The van der Waals surface area contributed by atoms with Crippen LogP contribution in [0.2, 0.25) is 0 Å². The van der Waals surface area contributed by atoms with Crippen molar-refractivity contribution in [3.05, 3.63) is 53.6 Å². The molecule has 0 saturated heterocycles. The summed E-state index contributed by atoms with van der Waals surface area (Å²) < 4.78 is 0. The standard InChI is InChI=1S/C16H18N2O/c1-11(17)14-7-6-13(10-16(14)19)18-9-8-12-4-2-3-5-15(12)18/h2-7,10-11,19H,8-9,17H2,1H3. The van der Waals surface area contributed by atoms with E-state index in [1.54, 1.807) is 6.07 Å². The maximum atomic E-state index is 10.1. The van der Waals surface area contributed by atoms with Crippen LogP contribution in [-0.4, -0.2) is 11.7 Å². The Hall–Kier alpha value is -2.00. The molecule has 3 N–H and O–H groups in total. The van der Waals surface area contributed by atoms with Gasteiger partial charge in [0.25, 0.3) is 0 Å². The number of fused-ring (bicyclic) bond motifs is 1. The molecule has 19 heavy (non-hydrogen) atoms. The molecular formula is C16H18N2O. The molecule has 98 valence electrons. The van der Waals surface area contributed by atoms with Gasteiger partial charge in [0.2, 0.25) is 0 Å². The van der Waals surface area contributed by atoms with Crippen LogP contribution in [-0.2, 0) is 6.42 Å². The second kappa shape index (κ2) is 4.59. The molecule has 3 rings (SSSR count). The minimum Gasteiger partial charge on any atom is -0.508 e. The molecule has 0 radical (unpaired) electrons. The van der Waals surface area contributed by atoms with Crippen molar-refractivity contribution in [1.29, 1.82) is 0 Å². The van der Waals surface area contributed by atoms with Gasteiger partial charge >= 0.3 is 0 Å². The number of para-hydroxylation sites is 1. The second-order valence-electron chi connectivity index (χ2n) is 5.06. The zero-order chi connectivity index (χ0) is 13.4. The van der Waals surface area contributed by atoms with Crippen LogP contribution in [0.25, 0.3) is 0 Å². The average molecular weight is 254 g/mol. The van der Waals surface area contributed by atoms with Crippen molar-refractivity contribution in [3.63, 3.8) is 0 Å². The number of nitrogens with zero attached hydrogens (tertiary/aromatic N) is 1. The topological polar surface area (TPSA) is 49.5 Å². The molecule has 0 fully saturated rings. The van der Waals surface area contributed by atoms with Gasteiger partial charge in [0.05, 0.1) is 0 Å². The number of anilines is 2. The fraction of sp³-hybridized carbons (Fsp3) is 0.250. The number of rotatable bonds is 2. The average Bonchev–Trinajstić information content (AvgIpc) is 2.82. The first kappa shape index (κ1) is 12.1. The third-order valence-electron chi connectivity index (χ3n) is 3.70. The first-order chi connectivity index (χ1) is 9.16. The number of aromatic hydroxyl groups is 1. The van der Waals surface area contributed by atoms with Crippen molar-refractivity contribution < 1.29 is 5.11 Å². The first-order valence-electron chi connectivity index (χ1n) is 6.61. The van der Waals surface area contributed by atoms with Gasteiger partial charge in [-0.15, -0.1) is 0 Å². The molecule has 0 amide bonds. The van der Waals surface area contributed by atoms with Crippen molar-refractivity contribution >= 4 is 11.4 Å². The SMILES string of the molecule is CC(N)c1ccc(N2CCc3ccccc32)cc1O. The highest BCUT2D eigenvalue weighted by molar-refractivity contribution is 5.71. The fourth-order valence-corrected chi connectivity index (χ4v) is 2.69. The van der Waals surface area contributed by atoms with E-state index in [1.807, 2.05) is 25.1 Å². The van der Waals surface area contributed by atoms with E-state index in [-0.39, 0.29) is 11.8 Å². The predicted octanol–water partition coefficient (Wildman–Crippen LogP) is 3.11. The van der Waals surface area contributed by atoms with Crippen LogP contribution >= 0.6 is 0 Å². The van der Waals surface area contributed by atoms with Crippen LogP contribution in [0.1, 0.15) is 24.1 Å². The lowest BCUT2D eigenvalue weighted by molar-refractivity contribution is 0.464. The quantitative estimate of drug-likeness (QED) is 0.865. The number of benzene rings is 2. The summed E-state index contributed by atoms with van der Waals surface area (Å²) in [5.41, 5.74) is 10.2. The van der Waals surface area contributed by atoms with E-state index in [4.69, 9.17) is 5.73 Å². The lowest BCUT2D eigenvalue weighted by Gasteiger charge is -2.21. The van der Waals surface area contributed by atoms with Crippen molar-refractivity contribution in [3.8, 4) is 5.75 Å². The zero-order valence-electron chi connectivity index (χ0n) is 11.0. The van der Waals surface area contributed by atoms with Gasteiger partial charge in [0.15, 0.2) is 0 Å². The minimum atomic E-state index is -0.153. The van der Waals surface area contributed by atoms with Crippen molar-refractivity contribution in [2.45, 2.75) is 19.4 Å². The summed E-state index contributed by atoms with van der Waals surface area (Å²) in [6, 6.07) is 14.0. The van der Waals surface area contributed by atoms with E-state index in [9.17, 15) is 5.11 Å². The second-order valence-corrected chi connectivity index (χ2v) is 5.06. The summed E-state index contributed by atoms with van der Waals surface area (Å²) >= 11 is 0. The lowest BCUT2D eigenvalue weighted by atomic mass is 10.1. The lowest BCUT2D eigenvalue weighted by Crippen LogP contribution is -2.13. The largest absolute Gasteiger partial charge is 0.508 e. The number of hydrogen-bond donors (Lipinski definition) is 2. The molecule has 0 saturated carbocycles. The van der Waals surface area contributed by atoms with E-state index >= 15 is 0 Å². The van der Waals surface area contributed by atoms with Crippen molar-refractivity contribution in [2.24, 2.45) is 5.73 Å². The maximum absolute atomic E-state index is 10.1. The molecule has 3 heteroatoms. The third-order valence-corrected chi connectivity index (χ3v) is 3.70. The van der Waals surface area contributed by atoms with Gasteiger partial charge in [-0.05, 0) is 31.0 Å². The molecule has 1 heterocycles. The first-order valence-corrected chi connectivity index (χ1v) is 6.61. The Bertz CT molecular complexity index is 607. The summed E-state index contributed by atoms with van der Waals surface area (Å²) in [6.45, 7) is 2.83. The highest BCUT2D eigenvalue weighted by Crippen LogP contribution is 2.37. The Morgan fingerprint density at radius 2 is 2.00 bits per heavy atom. The van der Waals surface area contributed by atoms with Crippen molar-refractivity contribution in [2.75, 3.05) is 11.4 Å². The molecule has 2 aromatic rings. The molecule has 3 nitrogen and oxygen atoms in total. The van der Waals surface area contributed by atoms with E-state index in [0.717, 1.165) is 24.2 Å². The van der Waals surface area contributed by atoms with Gasteiger partial charge in [-0.1, -0.05) is 24.3 Å². The van der Waals surface area contributed by atoms with Gasteiger partial charge in [-0.25, -0.2) is 0 Å². The number of hydrogen-bond acceptors (Lipinski definition) is 3. The molecule has 1 aliphatic heterocycles. The van der Waals surface area contributed by atoms with Crippen LogP contribution in [0.5, 0.6) is 5.75 Å². The maximum Gasteiger partial charge on any atom is 0.122 e. The molecule has 1 unspecified atom stereocenters. The minimum absolute atomic E-state index is 0.153. The summed E-state index contributed by atoms with van der Waals surface area (Å²) in [5, 5.41) is 10.1. The molecule has 1 atom stereocenters. The van der Waals surface area contributed by atoms with Gasteiger partial charge in [-0.2, -0.15) is 0 Å². The Balaban J connectivity index is 1.99. The number of phenolic OH excluding ortho intramolecular Hbond substituents is 1. The molecule has 0 aliphatic carbocycles. The Labute approximate surface area is 113 Å². The Kier molecular flexibility index (Phi) is 2.91. The number of phenols is 1. The summed E-state index contributed by atoms with van der Waals surface area (Å²) in [7, 11) is 0. The Morgan fingerprint density at radius 1 is 1.21 bits per heavy atom. The molecule has 0 aromatic heterocycles. The smallest absolute Gasteiger partial charge is 0.122 e. The fourth-order valence-electron chi connectivity index (χ4n) is 2.69. The van der Waals surface area contributed by atoms with Gasteiger partial charge in [-0.3, -0.25) is 0 Å². The van der Waals surface area contributed by atoms with Gasteiger partial charge in [0.1, 0.15) is 5.75 Å². The molecule has 2 aromatic carbocycles. The van der Waals surface area contributed by atoms with Crippen LogP contribution < -0.4 is 10.6 Å². The summed E-state index contributed by atoms with van der Waals surface area (Å²) in [4.78, 5) is 2.24. The Morgan fingerprint density at radius 3 is 2.74 bits per heavy atom. The van der Waals surface area contributed by atoms with Crippen LogP contribution in [0.15, 0.2) is 42.5 Å². The van der Waals surface area contributed by atoms with E-state index in [1.165, 1.54) is 11.3 Å². The summed E-state index contributed by atoms with van der Waals surface area (Å²) in [6.07, 6.45) is 1.05. The monoisotopic (exact) mass is 254 g/mol. The molecule has 0 bridgehead atoms. The molecular weight excluding hydrogens is 236 g/mol.